The predicted molar refractivity (Wildman–Crippen MR) is 85.3 cm³/mol. The molecule has 0 saturated heterocycles. The maximum Gasteiger partial charge on any atom is 0.253 e. The summed E-state index contributed by atoms with van der Waals surface area (Å²) in [4.78, 5) is 18.6. The molecule has 9 heteroatoms. The van der Waals surface area contributed by atoms with E-state index in [1.165, 1.54) is 18.3 Å². The summed E-state index contributed by atoms with van der Waals surface area (Å²) in [6, 6.07) is 4.24. The molecule has 138 valence electrons. The van der Waals surface area contributed by atoms with Crippen molar-refractivity contribution in [2.45, 2.75) is 6.42 Å². The third kappa shape index (κ3) is 2.66. The number of aromatic amines is 1. The van der Waals surface area contributed by atoms with Crippen LogP contribution in [0.5, 0.6) is 0 Å². The van der Waals surface area contributed by atoms with E-state index in [0.717, 1.165) is 0 Å². The average Bonchev–Trinajstić information content (AvgIpc) is 3.11. The van der Waals surface area contributed by atoms with E-state index in [1.54, 1.807) is 6.07 Å². The van der Waals surface area contributed by atoms with Crippen LogP contribution in [0.15, 0.2) is 24.4 Å². The van der Waals surface area contributed by atoms with E-state index in [2.05, 4.69) is 15.3 Å². The molecule has 27 heavy (non-hydrogen) atoms. The van der Waals surface area contributed by atoms with Crippen molar-refractivity contribution < 1.29 is 26.7 Å². The monoisotopic (exact) mass is 379 g/mol. The van der Waals surface area contributed by atoms with Crippen LogP contribution >= 0.6 is 0 Å². The Kier molecular flexibility index (Phi) is 3.94. The second-order valence-corrected chi connectivity index (χ2v) is 5.96. The largest absolute Gasteiger partial charge is 0.358 e. The maximum atomic E-state index is 14.0. The molecule has 4 nitrogen and oxygen atoms in total. The lowest BCUT2D eigenvalue weighted by molar-refractivity contribution is 0.0946. The molecule has 1 aliphatic heterocycles. The van der Waals surface area contributed by atoms with Crippen LogP contribution in [0.2, 0.25) is 0 Å². The Morgan fingerprint density at radius 3 is 2.26 bits per heavy atom. The van der Waals surface area contributed by atoms with Crippen molar-refractivity contribution in [3.8, 4) is 22.5 Å². The fourth-order valence-corrected chi connectivity index (χ4v) is 3.01. The van der Waals surface area contributed by atoms with Gasteiger partial charge in [0.25, 0.3) is 5.91 Å². The highest BCUT2D eigenvalue weighted by Gasteiger charge is 2.27. The molecule has 1 amide bonds. The number of amides is 1. The van der Waals surface area contributed by atoms with Crippen LogP contribution in [-0.2, 0) is 6.42 Å². The van der Waals surface area contributed by atoms with Gasteiger partial charge in [0.15, 0.2) is 23.3 Å². The Morgan fingerprint density at radius 2 is 1.59 bits per heavy atom. The highest BCUT2D eigenvalue weighted by molar-refractivity contribution is 5.97. The summed E-state index contributed by atoms with van der Waals surface area (Å²) in [7, 11) is 0. The minimum absolute atomic E-state index is 0.257. The van der Waals surface area contributed by atoms with Crippen LogP contribution in [0.4, 0.5) is 22.0 Å². The zero-order valence-electron chi connectivity index (χ0n) is 13.5. The second kappa shape index (κ2) is 6.19. The number of carbonyl (C=O) groups excluding carboxylic acids is 1. The predicted octanol–water partition coefficient (Wildman–Crippen LogP) is 3.73. The molecule has 0 bridgehead atoms. The molecule has 0 fully saturated rings. The van der Waals surface area contributed by atoms with Crippen molar-refractivity contribution in [2.75, 3.05) is 6.54 Å². The van der Waals surface area contributed by atoms with Gasteiger partial charge in [-0.15, -0.1) is 0 Å². The molecule has 3 aromatic rings. The highest BCUT2D eigenvalue weighted by Crippen LogP contribution is 2.32. The zero-order valence-corrected chi connectivity index (χ0v) is 13.5. The molecule has 0 spiro atoms. The minimum Gasteiger partial charge on any atom is -0.358 e. The van der Waals surface area contributed by atoms with Crippen molar-refractivity contribution in [2.24, 2.45) is 0 Å². The van der Waals surface area contributed by atoms with Gasteiger partial charge in [0.2, 0.25) is 5.82 Å². The third-order valence-corrected chi connectivity index (χ3v) is 4.34. The van der Waals surface area contributed by atoms with Crippen molar-refractivity contribution in [3.63, 3.8) is 0 Å². The van der Waals surface area contributed by atoms with Gasteiger partial charge in [-0.2, -0.15) is 0 Å². The lowest BCUT2D eigenvalue weighted by atomic mass is 10.0. The Labute approximate surface area is 149 Å². The topological polar surface area (TPSA) is 57.8 Å². The molecular formula is C18H10F5N3O. The van der Waals surface area contributed by atoms with Gasteiger partial charge in [-0.1, -0.05) is 0 Å². The van der Waals surface area contributed by atoms with Crippen LogP contribution in [0, 0.1) is 29.1 Å². The number of hydrogen-bond acceptors (Lipinski definition) is 2. The lowest BCUT2D eigenvalue weighted by Crippen LogP contribution is -2.31. The van der Waals surface area contributed by atoms with E-state index in [-0.39, 0.29) is 5.91 Å². The van der Waals surface area contributed by atoms with Crippen molar-refractivity contribution in [1.82, 2.24) is 15.3 Å². The smallest absolute Gasteiger partial charge is 0.253 e. The van der Waals surface area contributed by atoms with E-state index in [4.69, 9.17) is 0 Å². The fourth-order valence-electron chi connectivity index (χ4n) is 3.01. The van der Waals surface area contributed by atoms with Crippen LogP contribution in [0.3, 0.4) is 0 Å². The van der Waals surface area contributed by atoms with Crippen molar-refractivity contribution in [3.05, 3.63) is 64.7 Å². The number of H-pyrrole nitrogens is 1. The first kappa shape index (κ1) is 17.2. The number of aromatic nitrogens is 2. The lowest BCUT2D eigenvalue weighted by Gasteiger charge is -2.11. The van der Waals surface area contributed by atoms with Crippen LogP contribution < -0.4 is 5.32 Å². The first-order chi connectivity index (χ1) is 12.9. The molecule has 3 heterocycles. The quantitative estimate of drug-likeness (QED) is 0.405. The number of carbonyl (C=O) groups is 1. The number of nitrogens with one attached hydrogen (secondary N) is 2. The molecule has 0 aliphatic carbocycles. The maximum absolute atomic E-state index is 14.0. The summed E-state index contributed by atoms with van der Waals surface area (Å²) in [5.41, 5.74) is 0.449. The number of rotatable bonds is 2. The van der Waals surface area contributed by atoms with Crippen LogP contribution in [0.1, 0.15) is 16.1 Å². The third-order valence-electron chi connectivity index (χ3n) is 4.34. The number of pyridine rings is 1. The Balaban J connectivity index is 1.85. The number of nitrogens with zero attached hydrogens (tertiary/aromatic N) is 1. The summed E-state index contributed by atoms with van der Waals surface area (Å²) in [5.74, 6) is -10.5. The molecule has 1 aromatic carbocycles. The van der Waals surface area contributed by atoms with Crippen molar-refractivity contribution in [1.29, 1.82) is 0 Å². The summed E-state index contributed by atoms with van der Waals surface area (Å²) in [6.45, 7) is 0.470. The second-order valence-electron chi connectivity index (χ2n) is 5.96. The molecule has 4 rings (SSSR count). The average molecular weight is 379 g/mol. The van der Waals surface area contributed by atoms with E-state index in [1.807, 2.05) is 0 Å². The molecule has 0 radical (unpaired) electrons. The van der Waals surface area contributed by atoms with E-state index in [9.17, 15) is 26.7 Å². The number of benzene rings is 1. The molecule has 2 aromatic heterocycles. The van der Waals surface area contributed by atoms with Gasteiger partial charge in [0, 0.05) is 36.1 Å². The van der Waals surface area contributed by atoms with Gasteiger partial charge in [0.05, 0.1) is 16.8 Å². The van der Waals surface area contributed by atoms with Gasteiger partial charge in [-0.3, -0.25) is 9.78 Å². The Bertz CT molecular complexity index is 1060. The molecule has 1 aliphatic rings. The van der Waals surface area contributed by atoms with Crippen molar-refractivity contribution >= 4 is 5.91 Å². The van der Waals surface area contributed by atoms with E-state index in [0.29, 0.717) is 35.5 Å². The van der Waals surface area contributed by atoms with Gasteiger partial charge in [-0.05, 0) is 18.2 Å². The minimum atomic E-state index is -2.23. The van der Waals surface area contributed by atoms with Gasteiger partial charge in [-0.25, -0.2) is 22.0 Å². The van der Waals surface area contributed by atoms with Crippen LogP contribution in [0.25, 0.3) is 22.5 Å². The van der Waals surface area contributed by atoms with E-state index < -0.39 is 40.3 Å². The Hall–Kier alpha value is -3.23. The summed E-state index contributed by atoms with van der Waals surface area (Å²) in [6.07, 6.45) is 1.76. The molecule has 0 unspecified atom stereocenters. The van der Waals surface area contributed by atoms with Gasteiger partial charge < -0.3 is 10.3 Å². The number of halogens is 5. The van der Waals surface area contributed by atoms with E-state index >= 15 is 0 Å². The summed E-state index contributed by atoms with van der Waals surface area (Å²) < 4.78 is 68.3. The summed E-state index contributed by atoms with van der Waals surface area (Å²) >= 11 is 0. The standard InChI is InChI=1S/C18H10F5N3O/c19-13-12(14(20)16(22)17(23)15(13)21)11-5-7(1-3-24-11)10-6-8-9(26-10)2-4-25-18(8)27/h1,3,5-6,26H,2,4H2,(H,25,27). The first-order valence-electron chi connectivity index (χ1n) is 7.86. The highest BCUT2D eigenvalue weighted by atomic mass is 19.2. The molecule has 2 N–H and O–H groups in total. The SMILES string of the molecule is O=C1NCCc2[nH]c(-c3ccnc(-c4c(F)c(F)c(F)c(F)c4F)c3)cc21. The molecular weight excluding hydrogens is 369 g/mol. The van der Waals surface area contributed by atoms with Gasteiger partial charge >= 0.3 is 0 Å². The Morgan fingerprint density at radius 1 is 0.926 bits per heavy atom. The molecule has 0 atom stereocenters. The number of fused-ring (bicyclic) bond motifs is 1. The molecule has 0 saturated carbocycles. The van der Waals surface area contributed by atoms with Gasteiger partial charge in [0.1, 0.15) is 0 Å². The summed E-state index contributed by atoms with van der Waals surface area (Å²) in [5, 5.41) is 2.68. The first-order valence-corrected chi connectivity index (χ1v) is 7.86. The fraction of sp³-hybridized carbons (Fsp3) is 0.111. The number of hydrogen-bond donors (Lipinski definition) is 2. The zero-order chi connectivity index (χ0) is 19.3. The normalized spacial score (nSPS) is 13.4. The van der Waals surface area contributed by atoms with Crippen LogP contribution in [-0.4, -0.2) is 22.4 Å².